The Hall–Kier alpha value is -0.710. The van der Waals surface area contributed by atoms with Crippen LogP contribution in [0.2, 0.25) is 5.02 Å². The van der Waals surface area contributed by atoms with Gasteiger partial charge in [-0.05, 0) is 63.1 Å². The molecular formula is C19H27ClN2OS. The molecule has 3 rings (SSSR count). The van der Waals surface area contributed by atoms with Crippen LogP contribution in [0.1, 0.15) is 38.5 Å². The van der Waals surface area contributed by atoms with Crippen molar-refractivity contribution in [2.45, 2.75) is 49.5 Å². The number of halogens is 1. The molecule has 1 atom stereocenters. The number of amides is 1. The van der Waals surface area contributed by atoms with E-state index < -0.39 is 0 Å². The van der Waals surface area contributed by atoms with Gasteiger partial charge in [-0.15, -0.1) is 11.8 Å². The molecule has 2 aliphatic heterocycles. The first-order valence-electron chi connectivity index (χ1n) is 9.16. The molecule has 24 heavy (non-hydrogen) atoms. The van der Waals surface area contributed by atoms with Crippen LogP contribution in [0.4, 0.5) is 0 Å². The fraction of sp³-hybridized carbons (Fsp3) is 0.632. The van der Waals surface area contributed by atoms with Gasteiger partial charge >= 0.3 is 0 Å². The first-order chi connectivity index (χ1) is 11.8. The molecule has 0 spiro atoms. The van der Waals surface area contributed by atoms with Gasteiger partial charge in [-0.1, -0.05) is 30.2 Å². The zero-order valence-electron chi connectivity index (χ0n) is 14.3. The SMILES string of the molecule is O=C(C1CCCCN1CCCSc1ccccc1Cl)N1CCCC1. The average Bonchev–Trinajstić information content (AvgIpc) is 3.14. The Morgan fingerprint density at radius 3 is 2.67 bits per heavy atom. The molecule has 2 fully saturated rings. The van der Waals surface area contributed by atoms with E-state index in [0.717, 1.165) is 54.7 Å². The molecule has 0 bridgehead atoms. The van der Waals surface area contributed by atoms with Crippen LogP contribution in [0.15, 0.2) is 29.2 Å². The van der Waals surface area contributed by atoms with Crippen molar-refractivity contribution in [3.8, 4) is 0 Å². The van der Waals surface area contributed by atoms with Crippen LogP contribution < -0.4 is 0 Å². The summed E-state index contributed by atoms with van der Waals surface area (Å²) < 4.78 is 0. The van der Waals surface area contributed by atoms with Crippen LogP contribution in [-0.4, -0.2) is 53.7 Å². The number of carbonyl (C=O) groups excluding carboxylic acids is 1. The lowest BCUT2D eigenvalue weighted by Gasteiger charge is -2.36. The minimum atomic E-state index is 0.127. The van der Waals surface area contributed by atoms with E-state index in [0.29, 0.717) is 5.91 Å². The molecule has 2 aliphatic rings. The quantitative estimate of drug-likeness (QED) is 0.554. The van der Waals surface area contributed by atoms with Crippen molar-refractivity contribution in [2.75, 3.05) is 31.9 Å². The Morgan fingerprint density at radius 1 is 1.12 bits per heavy atom. The van der Waals surface area contributed by atoms with Crippen molar-refractivity contribution in [1.82, 2.24) is 9.80 Å². The van der Waals surface area contributed by atoms with Gasteiger partial charge in [0.05, 0.1) is 11.1 Å². The van der Waals surface area contributed by atoms with E-state index in [9.17, 15) is 4.79 Å². The number of likely N-dealkylation sites (tertiary alicyclic amines) is 2. The van der Waals surface area contributed by atoms with Gasteiger partial charge in [-0.25, -0.2) is 0 Å². The normalized spacial score (nSPS) is 22.0. The molecule has 1 amide bonds. The summed E-state index contributed by atoms with van der Waals surface area (Å²) in [4.78, 5) is 18.4. The second-order valence-corrected chi connectivity index (χ2v) is 8.26. The summed E-state index contributed by atoms with van der Waals surface area (Å²) in [5.74, 6) is 1.43. The van der Waals surface area contributed by atoms with Crippen LogP contribution >= 0.6 is 23.4 Å². The van der Waals surface area contributed by atoms with Crippen molar-refractivity contribution in [3.63, 3.8) is 0 Å². The minimum Gasteiger partial charge on any atom is -0.341 e. The lowest BCUT2D eigenvalue weighted by molar-refractivity contribution is -0.137. The molecule has 0 radical (unpaired) electrons. The third kappa shape index (κ3) is 4.68. The summed E-state index contributed by atoms with van der Waals surface area (Å²) in [6.07, 6.45) is 6.89. The summed E-state index contributed by atoms with van der Waals surface area (Å²) in [5, 5.41) is 0.836. The van der Waals surface area contributed by atoms with Gasteiger partial charge in [0.2, 0.25) is 5.91 Å². The summed E-state index contributed by atoms with van der Waals surface area (Å²) in [7, 11) is 0. The molecular weight excluding hydrogens is 340 g/mol. The Bertz CT molecular complexity index is 548. The van der Waals surface area contributed by atoms with Gasteiger partial charge in [0.15, 0.2) is 0 Å². The lowest BCUT2D eigenvalue weighted by atomic mass is 10.0. The smallest absolute Gasteiger partial charge is 0.239 e. The molecule has 2 saturated heterocycles. The highest BCUT2D eigenvalue weighted by Crippen LogP contribution is 2.27. The van der Waals surface area contributed by atoms with Crippen LogP contribution in [0, 0.1) is 0 Å². The van der Waals surface area contributed by atoms with Crippen molar-refractivity contribution in [2.24, 2.45) is 0 Å². The van der Waals surface area contributed by atoms with E-state index in [4.69, 9.17) is 11.6 Å². The lowest BCUT2D eigenvalue weighted by Crippen LogP contribution is -2.50. The molecule has 132 valence electrons. The Morgan fingerprint density at radius 2 is 1.88 bits per heavy atom. The summed E-state index contributed by atoms with van der Waals surface area (Å²) in [6.45, 7) is 4.01. The highest BCUT2D eigenvalue weighted by atomic mass is 35.5. The fourth-order valence-corrected chi connectivity index (χ4v) is 4.87. The monoisotopic (exact) mass is 366 g/mol. The number of nitrogens with zero attached hydrogens (tertiary/aromatic N) is 2. The number of hydrogen-bond acceptors (Lipinski definition) is 3. The maximum atomic E-state index is 12.8. The molecule has 3 nitrogen and oxygen atoms in total. The molecule has 0 N–H and O–H groups in total. The predicted molar refractivity (Wildman–Crippen MR) is 102 cm³/mol. The molecule has 2 heterocycles. The van der Waals surface area contributed by atoms with Gasteiger partial charge in [-0.3, -0.25) is 9.69 Å². The largest absolute Gasteiger partial charge is 0.341 e. The van der Waals surface area contributed by atoms with E-state index in [-0.39, 0.29) is 6.04 Å². The third-order valence-electron chi connectivity index (χ3n) is 5.00. The topological polar surface area (TPSA) is 23.6 Å². The second kappa shape index (κ2) is 9.12. The van der Waals surface area contributed by atoms with Crippen LogP contribution in [0.5, 0.6) is 0 Å². The number of piperidine rings is 1. The highest BCUT2D eigenvalue weighted by molar-refractivity contribution is 7.99. The van der Waals surface area contributed by atoms with E-state index in [1.165, 1.54) is 25.7 Å². The minimum absolute atomic E-state index is 0.127. The number of rotatable bonds is 6. The Labute approximate surface area is 154 Å². The molecule has 1 aromatic rings. The van der Waals surface area contributed by atoms with Crippen LogP contribution in [-0.2, 0) is 4.79 Å². The number of carbonyl (C=O) groups is 1. The van der Waals surface area contributed by atoms with Crippen molar-refractivity contribution >= 4 is 29.3 Å². The fourth-order valence-electron chi connectivity index (χ4n) is 3.70. The van der Waals surface area contributed by atoms with E-state index in [2.05, 4.69) is 15.9 Å². The first-order valence-corrected chi connectivity index (χ1v) is 10.5. The molecule has 1 unspecified atom stereocenters. The highest BCUT2D eigenvalue weighted by Gasteiger charge is 2.32. The number of benzene rings is 1. The average molecular weight is 367 g/mol. The van der Waals surface area contributed by atoms with Crippen molar-refractivity contribution < 1.29 is 4.79 Å². The second-order valence-electron chi connectivity index (χ2n) is 6.71. The van der Waals surface area contributed by atoms with Gasteiger partial charge in [-0.2, -0.15) is 0 Å². The predicted octanol–water partition coefficient (Wildman–Crippen LogP) is 4.30. The third-order valence-corrected chi connectivity index (χ3v) is 6.60. The van der Waals surface area contributed by atoms with Crippen LogP contribution in [0.25, 0.3) is 0 Å². The molecule has 5 heteroatoms. The van der Waals surface area contributed by atoms with Gasteiger partial charge in [0.25, 0.3) is 0 Å². The summed E-state index contributed by atoms with van der Waals surface area (Å²) >= 11 is 8.02. The van der Waals surface area contributed by atoms with Crippen LogP contribution in [0.3, 0.4) is 0 Å². The maximum absolute atomic E-state index is 12.8. The van der Waals surface area contributed by atoms with E-state index in [1.54, 1.807) is 0 Å². The number of thioether (sulfide) groups is 1. The van der Waals surface area contributed by atoms with E-state index >= 15 is 0 Å². The summed E-state index contributed by atoms with van der Waals surface area (Å²) in [5.41, 5.74) is 0. The van der Waals surface area contributed by atoms with E-state index in [1.807, 2.05) is 30.0 Å². The standard InChI is InChI=1S/C19H27ClN2OS/c20-16-8-1-2-10-18(16)24-15-7-14-21-11-4-3-9-17(21)19(23)22-12-5-6-13-22/h1-2,8,10,17H,3-7,9,11-15H2. The zero-order valence-corrected chi connectivity index (χ0v) is 15.8. The molecule has 0 aromatic heterocycles. The molecule has 0 saturated carbocycles. The first kappa shape index (κ1) is 18.1. The van der Waals surface area contributed by atoms with Gasteiger partial charge in [0, 0.05) is 18.0 Å². The summed E-state index contributed by atoms with van der Waals surface area (Å²) in [6, 6.07) is 8.15. The Balaban J connectivity index is 1.47. The maximum Gasteiger partial charge on any atom is 0.239 e. The van der Waals surface area contributed by atoms with Crippen molar-refractivity contribution in [1.29, 1.82) is 0 Å². The molecule has 1 aromatic carbocycles. The van der Waals surface area contributed by atoms with Gasteiger partial charge < -0.3 is 4.90 Å². The zero-order chi connectivity index (χ0) is 16.8. The van der Waals surface area contributed by atoms with Gasteiger partial charge in [0.1, 0.15) is 0 Å². The Kier molecular flexibility index (Phi) is 6.87. The van der Waals surface area contributed by atoms with Crippen molar-refractivity contribution in [3.05, 3.63) is 29.3 Å². The number of hydrogen-bond donors (Lipinski definition) is 0. The molecule has 0 aliphatic carbocycles.